The fraction of sp³-hybridized carbons (Fsp3) is 0.444. The van der Waals surface area contributed by atoms with Crippen LogP contribution in [0.4, 0.5) is 0 Å². The van der Waals surface area contributed by atoms with Crippen LogP contribution in [-0.4, -0.2) is 21.9 Å². The van der Waals surface area contributed by atoms with E-state index in [2.05, 4.69) is 22.2 Å². The molecule has 0 aliphatic heterocycles. The van der Waals surface area contributed by atoms with E-state index in [-0.39, 0.29) is 5.91 Å². The summed E-state index contributed by atoms with van der Waals surface area (Å²) < 4.78 is 0. The van der Waals surface area contributed by atoms with E-state index in [1.54, 1.807) is 18.1 Å². The Morgan fingerprint density at radius 3 is 2.83 bits per heavy atom. The number of rotatable bonds is 5. The number of thioether (sulfide) groups is 1. The molecule has 122 valence electrons. The molecule has 1 heterocycles. The fourth-order valence-electron chi connectivity index (χ4n) is 2.97. The highest BCUT2D eigenvalue weighted by molar-refractivity contribution is 7.98. The second kappa shape index (κ2) is 7.68. The van der Waals surface area contributed by atoms with Crippen LogP contribution >= 0.6 is 11.8 Å². The highest BCUT2D eigenvalue weighted by Crippen LogP contribution is 2.27. The summed E-state index contributed by atoms with van der Waals surface area (Å²) >= 11 is 1.66. The van der Waals surface area contributed by atoms with Gasteiger partial charge in [-0.15, -0.1) is 11.8 Å². The van der Waals surface area contributed by atoms with Crippen LogP contribution in [0.3, 0.4) is 0 Å². The van der Waals surface area contributed by atoms with Crippen LogP contribution in [0.2, 0.25) is 0 Å². The number of carbonyl (C=O) groups is 1. The van der Waals surface area contributed by atoms with Crippen molar-refractivity contribution >= 4 is 17.7 Å². The van der Waals surface area contributed by atoms with Crippen LogP contribution in [0.15, 0.2) is 41.7 Å². The van der Waals surface area contributed by atoms with Crippen molar-refractivity contribution in [3.63, 3.8) is 0 Å². The molecule has 0 radical (unpaired) electrons. The van der Waals surface area contributed by atoms with Gasteiger partial charge in [-0.1, -0.05) is 19.1 Å². The van der Waals surface area contributed by atoms with Gasteiger partial charge in [0.05, 0.1) is 11.9 Å². The van der Waals surface area contributed by atoms with Crippen molar-refractivity contribution in [2.24, 2.45) is 5.92 Å². The normalized spacial score (nSPS) is 21.1. The second-order valence-electron chi connectivity index (χ2n) is 6.29. The van der Waals surface area contributed by atoms with Gasteiger partial charge in [0.1, 0.15) is 0 Å². The van der Waals surface area contributed by atoms with Gasteiger partial charge in [-0.05, 0) is 43.7 Å². The molecule has 2 aromatic rings. The summed E-state index contributed by atoms with van der Waals surface area (Å²) in [7, 11) is 0. The number of hydrogen-bond donors (Lipinski definition) is 2. The minimum atomic E-state index is 0.0530. The van der Waals surface area contributed by atoms with E-state index in [0.29, 0.717) is 6.04 Å². The molecule has 0 atom stereocenters. The molecule has 4 nitrogen and oxygen atoms in total. The Hall–Kier alpha value is -1.75. The number of nitrogens with zero attached hydrogens (tertiary/aromatic N) is 1. The van der Waals surface area contributed by atoms with Crippen LogP contribution in [-0.2, 0) is 5.75 Å². The number of nitrogens with one attached hydrogen (secondary N) is 2. The van der Waals surface area contributed by atoms with Gasteiger partial charge in [-0.25, -0.2) is 4.98 Å². The van der Waals surface area contributed by atoms with E-state index in [4.69, 9.17) is 0 Å². The predicted octanol–water partition coefficient (Wildman–Crippen LogP) is 4.01. The molecule has 0 unspecified atom stereocenters. The van der Waals surface area contributed by atoms with E-state index < -0.39 is 0 Å². The van der Waals surface area contributed by atoms with Crippen molar-refractivity contribution in [1.29, 1.82) is 0 Å². The van der Waals surface area contributed by atoms with Crippen molar-refractivity contribution in [3.8, 4) is 0 Å². The molecule has 5 heteroatoms. The molecule has 0 spiro atoms. The lowest BCUT2D eigenvalue weighted by Crippen LogP contribution is -2.37. The average molecular weight is 329 g/mol. The van der Waals surface area contributed by atoms with E-state index in [9.17, 15) is 4.79 Å². The van der Waals surface area contributed by atoms with Gasteiger partial charge in [0.15, 0.2) is 0 Å². The molecule has 1 saturated carbocycles. The molecule has 1 fully saturated rings. The van der Waals surface area contributed by atoms with Crippen LogP contribution in [0.5, 0.6) is 0 Å². The minimum Gasteiger partial charge on any atom is -0.349 e. The molecule has 23 heavy (non-hydrogen) atoms. The zero-order valence-corrected chi connectivity index (χ0v) is 14.2. The van der Waals surface area contributed by atoms with Gasteiger partial charge in [-0.2, -0.15) is 0 Å². The first-order valence-corrected chi connectivity index (χ1v) is 9.21. The van der Waals surface area contributed by atoms with Crippen molar-refractivity contribution < 1.29 is 4.79 Å². The van der Waals surface area contributed by atoms with Crippen molar-refractivity contribution in [2.45, 2.75) is 49.3 Å². The van der Waals surface area contributed by atoms with Gasteiger partial charge < -0.3 is 10.3 Å². The topological polar surface area (TPSA) is 57.8 Å². The molecule has 1 aromatic carbocycles. The molecule has 2 N–H and O–H groups in total. The Labute approximate surface area is 141 Å². The highest BCUT2D eigenvalue weighted by atomic mass is 32.2. The minimum absolute atomic E-state index is 0.0530. The predicted molar refractivity (Wildman–Crippen MR) is 93.5 cm³/mol. The van der Waals surface area contributed by atoms with Crippen LogP contribution < -0.4 is 5.32 Å². The third-order valence-electron chi connectivity index (χ3n) is 4.42. The number of aromatic amines is 1. The van der Waals surface area contributed by atoms with E-state index in [1.165, 1.54) is 12.8 Å². The van der Waals surface area contributed by atoms with Crippen molar-refractivity contribution in [1.82, 2.24) is 15.3 Å². The molecule has 0 saturated heterocycles. The third-order valence-corrected chi connectivity index (χ3v) is 5.54. The third kappa shape index (κ3) is 4.38. The average Bonchev–Trinajstić information content (AvgIpc) is 3.09. The summed E-state index contributed by atoms with van der Waals surface area (Å²) in [6, 6.07) is 8.16. The van der Waals surface area contributed by atoms with E-state index in [0.717, 1.165) is 40.7 Å². The maximum absolute atomic E-state index is 12.6. The Kier molecular flexibility index (Phi) is 5.39. The zero-order valence-electron chi connectivity index (χ0n) is 13.4. The molecule has 3 rings (SSSR count). The molecule has 1 aromatic heterocycles. The Bertz CT molecular complexity index is 633. The number of benzene rings is 1. The summed E-state index contributed by atoms with van der Waals surface area (Å²) in [5.41, 5.74) is 1.84. The van der Waals surface area contributed by atoms with Crippen LogP contribution in [0.1, 0.15) is 48.7 Å². The molecule has 0 bridgehead atoms. The zero-order chi connectivity index (χ0) is 16.1. The maximum Gasteiger partial charge on any atom is 0.252 e. The largest absolute Gasteiger partial charge is 0.349 e. The van der Waals surface area contributed by atoms with E-state index >= 15 is 0 Å². The first kappa shape index (κ1) is 16.1. The number of carbonyl (C=O) groups excluding carboxylic acids is 1. The molecular formula is C18H23N3OS. The monoisotopic (exact) mass is 329 g/mol. The standard InChI is InChI=1S/C18H23N3OS/c1-13-6-8-14(9-7-13)21-18(22)16-4-2-3-5-17(16)23-11-15-10-19-12-20-15/h2-5,10,12-14H,6-9,11H2,1H3,(H,19,20)(H,21,22). The summed E-state index contributed by atoms with van der Waals surface area (Å²) in [6.45, 7) is 2.29. The summed E-state index contributed by atoms with van der Waals surface area (Å²) in [5.74, 6) is 1.63. The molecule has 1 amide bonds. The van der Waals surface area contributed by atoms with Gasteiger partial charge in [0.25, 0.3) is 5.91 Å². The van der Waals surface area contributed by atoms with Crippen LogP contribution in [0.25, 0.3) is 0 Å². The van der Waals surface area contributed by atoms with Gasteiger partial charge >= 0.3 is 0 Å². The Balaban J connectivity index is 1.63. The van der Waals surface area contributed by atoms with Crippen molar-refractivity contribution in [2.75, 3.05) is 0 Å². The Morgan fingerprint density at radius 1 is 1.30 bits per heavy atom. The number of aromatic nitrogens is 2. The molecule has 1 aliphatic rings. The molecular weight excluding hydrogens is 306 g/mol. The van der Waals surface area contributed by atoms with E-state index in [1.807, 2.05) is 30.5 Å². The maximum atomic E-state index is 12.6. The summed E-state index contributed by atoms with van der Waals surface area (Å²) in [6.07, 6.45) is 8.10. The fourth-order valence-corrected chi connectivity index (χ4v) is 3.93. The SMILES string of the molecule is CC1CCC(NC(=O)c2ccccc2SCc2cnc[nH]2)CC1. The number of hydrogen-bond acceptors (Lipinski definition) is 3. The van der Waals surface area contributed by atoms with Crippen molar-refractivity contribution in [3.05, 3.63) is 48.0 Å². The second-order valence-corrected chi connectivity index (χ2v) is 7.31. The summed E-state index contributed by atoms with van der Waals surface area (Å²) in [5, 5.41) is 3.22. The lowest BCUT2D eigenvalue weighted by atomic mass is 9.87. The smallest absolute Gasteiger partial charge is 0.252 e. The quantitative estimate of drug-likeness (QED) is 0.815. The number of imidazole rings is 1. The number of H-pyrrole nitrogens is 1. The number of amides is 1. The van der Waals surface area contributed by atoms with Gasteiger partial charge in [-0.3, -0.25) is 4.79 Å². The lowest BCUT2D eigenvalue weighted by Gasteiger charge is -2.27. The van der Waals surface area contributed by atoms with Gasteiger partial charge in [0, 0.05) is 28.6 Å². The first-order chi connectivity index (χ1) is 11.2. The highest BCUT2D eigenvalue weighted by Gasteiger charge is 2.21. The summed E-state index contributed by atoms with van der Waals surface area (Å²) in [4.78, 5) is 20.8. The molecule has 1 aliphatic carbocycles. The van der Waals surface area contributed by atoms with Gasteiger partial charge in [0.2, 0.25) is 0 Å². The first-order valence-electron chi connectivity index (χ1n) is 8.22. The van der Waals surface area contributed by atoms with Crippen LogP contribution in [0, 0.1) is 5.92 Å². The Morgan fingerprint density at radius 2 is 2.09 bits per heavy atom. The lowest BCUT2D eigenvalue weighted by molar-refractivity contribution is 0.0920.